The number of nitrogens with one attached hydrogen (secondary N) is 1. The first-order chi connectivity index (χ1) is 12.7. The maximum atomic E-state index is 12.4. The second kappa shape index (κ2) is 8.98. The van der Waals surface area contributed by atoms with Crippen LogP contribution in [-0.2, 0) is 11.3 Å². The summed E-state index contributed by atoms with van der Waals surface area (Å²) in [6, 6.07) is 4.12. The van der Waals surface area contributed by atoms with Crippen molar-refractivity contribution < 1.29 is 4.79 Å². The lowest BCUT2D eigenvalue weighted by molar-refractivity contribution is -0.119. The summed E-state index contributed by atoms with van der Waals surface area (Å²) in [6.45, 7) is 6.62. The minimum absolute atomic E-state index is 0.0600. The first-order valence-electron chi connectivity index (χ1n) is 9.05. The summed E-state index contributed by atoms with van der Waals surface area (Å²) >= 11 is 1.41. The maximum absolute atomic E-state index is 12.4. The van der Waals surface area contributed by atoms with Crippen LogP contribution in [0.2, 0.25) is 0 Å². The molecule has 6 nitrogen and oxygen atoms in total. The summed E-state index contributed by atoms with van der Waals surface area (Å²) in [5.74, 6) is 1.69. The van der Waals surface area contributed by atoms with Crippen LogP contribution in [0.1, 0.15) is 32.6 Å². The van der Waals surface area contributed by atoms with Crippen LogP contribution in [0.3, 0.4) is 0 Å². The Morgan fingerprint density at radius 2 is 2.27 bits per heavy atom. The molecule has 3 rings (SSSR count). The van der Waals surface area contributed by atoms with Gasteiger partial charge in [-0.25, -0.2) is 0 Å². The standard InChI is InChI=1S/C19H25N5OS/c1-3-11-24-18(15-8-6-10-20-12-15)22-23-19(24)26-13-17(25)21-16-9-5-4-7-14(16)2/h3,6,8,10,12,14,16H,1,4-5,7,9,11,13H2,2H3,(H,21,25). The lowest BCUT2D eigenvalue weighted by Gasteiger charge is -2.29. The van der Waals surface area contributed by atoms with Crippen LogP contribution in [0.4, 0.5) is 0 Å². The highest BCUT2D eigenvalue weighted by Crippen LogP contribution is 2.25. The van der Waals surface area contributed by atoms with Crippen molar-refractivity contribution in [3.05, 3.63) is 37.2 Å². The largest absolute Gasteiger partial charge is 0.352 e. The smallest absolute Gasteiger partial charge is 0.230 e. The second-order valence-electron chi connectivity index (χ2n) is 6.67. The monoisotopic (exact) mass is 371 g/mol. The van der Waals surface area contributed by atoms with Gasteiger partial charge in [0.25, 0.3) is 0 Å². The van der Waals surface area contributed by atoms with Crippen LogP contribution >= 0.6 is 11.8 Å². The zero-order valence-corrected chi connectivity index (χ0v) is 15.9. The highest BCUT2D eigenvalue weighted by Gasteiger charge is 2.23. The van der Waals surface area contributed by atoms with Gasteiger partial charge < -0.3 is 5.32 Å². The number of nitrogens with zero attached hydrogens (tertiary/aromatic N) is 4. The number of rotatable bonds is 7. The van der Waals surface area contributed by atoms with E-state index in [1.165, 1.54) is 31.0 Å². The lowest BCUT2D eigenvalue weighted by atomic mass is 9.86. The van der Waals surface area contributed by atoms with Gasteiger partial charge in [-0.1, -0.05) is 37.6 Å². The molecule has 0 aromatic carbocycles. The molecule has 0 aliphatic heterocycles. The molecule has 138 valence electrons. The second-order valence-corrected chi connectivity index (χ2v) is 7.61. The normalized spacial score (nSPS) is 19.9. The Kier molecular flexibility index (Phi) is 6.44. The molecule has 0 spiro atoms. The Morgan fingerprint density at radius 1 is 1.42 bits per heavy atom. The molecule has 2 heterocycles. The Morgan fingerprint density at radius 3 is 3.00 bits per heavy atom. The first kappa shape index (κ1) is 18.6. The number of aromatic nitrogens is 4. The molecular formula is C19H25N5OS. The molecule has 2 unspecified atom stereocenters. The molecular weight excluding hydrogens is 346 g/mol. The Balaban J connectivity index is 1.65. The van der Waals surface area contributed by atoms with E-state index in [9.17, 15) is 4.79 Å². The van der Waals surface area contributed by atoms with Crippen molar-refractivity contribution in [2.45, 2.75) is 50.4 Å². The molecule has 2 atom stereocenters. The van der Waals surface area contributed by atoms with Crippen molar-refractivity contribution in [2.24, 2.45) is 5.92 Å². The minimum atomic E-state index is 0.0600. The Bertz CT molecular complexity index is 746. The van der Waals surface area contributed by atoms with E-state index in [1.54, 1.807) is 18.5 Å². The van der Waals surface area contributed by atoms with Crippen molar-refractivity contribution in [2.75, 3.05) is 5.75 Å². The van der Waals surface area contributed by atoms with Crippen LogP contribution in [0.25, 0.3) is 11.4 Å². The average molecular weight is 372 g/mol. The fraction of sp³-hybridized carbons (Fsp3) is 0.474. The molecule has 1 N–H and O–H groups in total. The Hall–Kier alpha value is -2.15. The third-order valence-electron chi connectivity index (χ3n) is 4.74. The molecule has 2 aromatic heterocycles. The number of carbonyl (C=O) groups is 1. The van der Waals surface area contributed by atoms with E-state index in [2.05, 4.69) is 34.0 Å². The first-order valence-corrected chi connectivity index (χ1v) is 10.0. The summed E-state index contributed by atoms with van der Waals surface area (Å²) in [7, 11) is 0. The van der Waals surface area contributed by atoms with Gasteiger partial charge in [0.2, 0.25) is 5.91 Å². The van der Waals surface area contributed by atoms with Crippen LogP contribution in [0, 0.1) is 5.92 Å². The summed E-state index contributed by atoms with van der Waals surface area (Å²) < 4.78 is 1.96. The molecule has 0 bridgehead atoms. The minimum Gasteiger partial charge on any atom is -0.352 e. The van der Waals surface area contributed by atoms with E-state index in [1.807, 2.05) is 16.7 Å². The molecule has 0 saturated heterocycles. The van der Waals surface area contributed by atoms with Crippen molar-refractivity contribution in [1.82, 2.24) is 25.1 Å². The zero-order chi connectivity index (χ0) is 18.4. The highest BCUT2D eigenvalue weighted by molar-refractivity contribution is 7.99. The fourth-order valence-electron chi connectivity index (χ4n) is 3.31. The topological polar surface area (TPSA) is 72.7 Å². The van der Waals surface area contributed by atoms with Crippen LogP contribution in [-0.4, -0.2) is 37.5 Å². The summed E-state index contributed by atoms with van der Waals surface area (Å²) in [5, 5.41) is 12.4. The summed E-state index contributed by atoms with van der Waals surface area (Å²) in [6.07, 6.45) is 10.0. The third-order valence-corrected chi connectivity index (χ3v) is 5.71. The Labute approximate surface area is 158 Å². The van der Waals surface area contributed by atoms with Gasteiger partial charge in [0.05, 0.1) is 5.75 Å². The summed E-state index contributed by atoms with van der Waals surface area (Å²) in [5.41, 5.74) is 0.897. The maximum Gasteiger partial charge on any atom is 0.230 e. The molecule has 1 aliphatic rings. The zero-order valence-electron chi connectivity index (χ0n) is 15.1. The SMILES string of the molecule is C=CCn1c(SCC(=O)NC2CCCCC2C)nnc1-c1cccnc1. The molecule has 1 saturated carbocycles. The molecule has 7 heteroatoms. The van der Waals surface area contributed by atoms with Crippen LogP contribution < -0.4 is 5.32 Å². The van der Waals surface area contributed by atoms with E-state index in [4.69, 9.17) is 0 Å². The highest BCUT2D eigenvalue weighted by atomic mass is 32.2. The van der Waals surface area contributed by atoms with Gasteiger partial charge in [-0.2, -0.15) is 0 Å². The van der Waals surface area contributed by atoms with Crippen molar-refractivity contribution >= 4 is 17.7 Å². The van der Waals surface area contributed by atoms with Crippen molar-refractivity contribution in [1.29, 1.82) is 0 Å². The van der Waals surface area contributed by atoms with E-state index < -0.39 is 0 Å². The van der Waals surface area contributed by atoms with E-state index in [0.717, 1.165) is 23.0 Å². The van der Waals surface area contributed by atoms with E-state index in [0.29, 0.717) is 24.3 Å². The quantitative estimate of drug-likeness (QED) is 0.597. The molecule has 2 aromatic rings. The van der Waals surface area contributed by atoms with Gasteiger partial charge in [-0.15, -0.1) is 16.8 Å². The van der Waals surface area contributed by atoms with Crippen LogP contribution in [0.15, 0.2) is 42.3 Å². The van der Waals surface area contributed by atoms with Crippen molar-refractivity contribution in [3.8, 4) is 11.4 Å². The average Bonchev–Trinajstić information content (AvgIpc) is 3.06. The number of hydrogen-bond acceptors (Lipinski definition) is 5. The van der Waals surface area contributed by atoms with Gasteiger partial charge in [0.1, 0.15) is 0 Å². The molecule has 0 radical (unpaired) electrons. The lowest BCUT2D eigenvalue weighted by Crippen LogP contribution is -2.41. The predicted molar refractivity (Wildman–Crippen MR) is 104 cm³/mol. The van der Waals surface area contributed by atoms with E-state index in [-0.39, 0.29) is 5.91 Å². The molecule has 1 fully saturated rings. The number of allylic oxidation sites excluding steroid dienone is 1. The number of carbonyl (C=O) groups excluding carboxylic acids is 1. The van der Waals surface area contributed by atoms with Crippen molar-refractivity contribution in [3.63, 3.8) is 0 Å². The van der Waals surface area contributed by atoms with Gasteiger partial charge >= 0.3 is 0 Å². The number of amides is 1. The molecule has 1 aliphatic carbocycles. The fourth-order valence-corrected chi connectivity index (χ4v) is 4.07. The summed E-state index contributed by atoms with van der Waals surface area (Å²) in [4.78, 5) is 16.5. The van der Waals surface area contributed by atoms with Gasteiger partial charge in [0, 0.05) is 30.5 Å². The molecule has 1 amide bonds. The van der Waals surface area contributed by atoms with E-state index >= 15 is 0 Å². The number of pyridine rings is 1. The van der Waals surface area contributed by atoms with Gasteiger partial charge in [-0.05, 0) is 30.9 Å². The third kappa shape index (κ3) is 4.52. The molecule has 26 heavy (non-hydrogen) atoms. The van der Waals surface area contributed by atoms with Gasteiger partial charge in [-0.3, -0.25) is 14.3 Å². The van der Waals surface area contributed by atoms with Crippen LogP contribution in [0.5, 0.6) is 0 Å². The van der Waals surface area contributed by atoms with Gasteiger partial charge in [0.15, 0.2) is 11.0 Å². The number of hydrogen-bond donors (Lipinski definition) is 1. The number of thioether (sulfide) groups is 1. The predicted octanol–water partition coefficient (Wildman–Crippen LogP) is 3.31.